The van der Waals surface area contributed by atoms with Crippen molar-refractivity contribution in [3.05, 3.63) is 71.4 Å². The van der Waals surface area contributed by atoms with Gasteiger partial charge in [-0.05, 0) is 43.3 Å². The van der Waals surface area contributed by atoms with E-state index in [-0.39, 0.29) is 5.91 Å². The summed E-state index contributed by atoms with van der Waals surface area (Å²) in [4.78, 5) is 46.6. The first-order valence-electron chi connectivity index (χ1n) is 12.6. The number of carbonyl (C=O) groups is 4. The van der Waals surface area contributed by atoms with Gasteiger partial charge in [0.15, 0.2) is 0 Å². The minimum atomic E-state index is -5.08. The van der Waals surface area contributed by atoms with Crippen molar-refractivity contribution in [1.82, 2.24) is 21.1 Å². The van der Waals surface area contributed by atoms with Crippen LogP contribution in [-0.4, -0.2) is 75.6 Å². The first kappa shape index (κ1) is 36.2. The van der Waals surface area contributed by atoms with Gasteiger partial charge in [-0.15, -0.1) is 0 Å². The van der Waals surface area contributed by atoms with Crippen LogP contribution < -0.4 is 20.9 Å². The van der Waals surface area contributed by atoms with E-state index in [0.717, 1.165) is 22.2 Å². The highest BCUT2D eigenvalue weighted by atomic mass is 19.4. The number of hydrogen-bond donors (Lipinski definition) is 6. The van der Waals surface area contributed by atoms with E-state index in [9.17, 15) is 35.9 Å². The molecule has 1 fully saturated rings. The number of rotatable bonds is 6. The van der Waals surface area contributed by atoms with E-state index in [1.807, 2.05) is 37.3 Å². The number of ether oxygens (including phenoxy) is 1. The van der Waals surface area contributed by atoms with E-state index in [1.54, 1.807) is 29.7 Å². The van der Waals surface area contributed by atoms with Crippen LogP contribution in [0, 0.1) is 12.8 Å². The fourth-order valence-electron chi connectivity index (χ4n) is 3.82. The fraction of sp³-hybridized carbons (Fsp3) is 0.296. The molecule has 0 saturated carbocycles. The van der Waals surface area contributed by atoms with Gasteiger partial charge in [-0.2, -0.15) is 26.3 Å². The first-order chi connectivity index (χ1) is 20.9. The molecule has 244 valence electrons. The third-order valence-corrected chi connectivity index (χ3v) is 5.90. The lowest BCUT2D eigenvalue weighted by Gasteiger charge is -2.18. The minimum Gasteiger partial charge on any atom is -0.489 e. The van der Waals surface area contributed by atoms with E-state index >= 15 is 0 Å². The number of nitrogens with zero attached hydrogens (tertiary/aromatic N) is 1. The number of carboxylic acid groups (broad SMARTS) is 2. The Kier molecular flexibility index (Phi) is 12.6. The number of benzene rings is 2. The lowest BCUT2D eigenvalue weighted by Crippen LogP contribution is -2.45. The SMILES string of the molecule is Cc1cc(COc2ccc(C(=O)N[C@H]3CNC[C@H]3C(=O)NO)cc2)c2ccccc2n1.O=C(O)C(F)(F)F.O=C(O)C(F)(F)F. The van der Waals surface area contributed by atoms with Crippen LogP contribution in [0.2, 0.25) is 0 Å². The third kappa shape index (κ3) is 11.2. The van der Waals surface area contributed by atoms with Crippen LogP contribution in [0.15, 0.2) is 54.6 Å². The second-order valence-corrected chi connectivity index (χ2v) is 9.18. The molecule has 12 nitrogen and oxygen atoms in total. The molecule has 6 N–H and O–H groups in total. The minimum absolute atomic E-state index is 0.285. The standard InChI is InChI=1S/C23H24N4O4.2C2HF3O2/c1-14-10-16(18-4-2-3-5-20(18)25-14)13-31-17-8-6-15(7-9-17)22(28)26-21-12-24-11-19(21)23(29)27-30;2*3-2(4,5)1(6)7/h2-10,19,21,24,30H,11-13H2,1H3,(H,26,28)(H,27,29);2*(H,6,7)/t19-,21+;;/m1../s1. The Morgan fingerprint density at radius 3 is 2.02 bits per heavy atom. The van der Waals surface area contributed by atoms with Crippen LogP contribution in [0.3, 0.4) is 0 Å². The summed E-state index contributed by atoms with van der Waals surface area (Å²) >= 11 is 0. The number of nitrogens with one attached hydrogen (secondary N) is 3. The highest BCUT2D eigenvalue weighted by Crippen LogP contribution is 2.21. The molecule has 0 spiro atoms. The van der Waals surface area contributed by atoms with Crippen LogP contribution >= 0.6 is 0 Å². The predicted molar refractivity (Wildman–Crippen MR) is 142 cm³/mol. The Hall–Kier alpha value is -4.97. The molecule has 0 aliphatic carbocycles. The molecule has 0 radical (unpaired) electrons. The molecule has 45 heavy (non-hydrogen) atoms. The zero-order valence-corrected chi connectivity index (χ0v) is 23.1. The number of aryl methyl sites for hydroxylation is 1. The van der Waals surface area contributed by atoms with Crippen molar-refractivity contribution in [2.45, 2.75) is 31.9 Å². The maximum atomic E-state index is 12.6. The Bertz CT molecular complexity index is 1480. The molecular formula is C27H26F6N4O8. The molecule has 4 rings (SSSR count). The maximum absolute atomic E-state index is 12.6. The van der Waals surface area contributed by atoms with E-state index in [2.05, 4.69) is 15.6 Å². The summed E-state index contributed by atoms with van der Waals surface area (Å²) in [7, 11) is 0. The van der Waals surface area contributed by atoms with Crippen LogP contribution in [0.5, 0.6) is 5.75 Å². The summed E-state index contributed by atoms with van der Waals surface area (Å²) in [5.41, 5.74) is 5.02. The van der Waals surface area contributed by atoms with Crippen LogP contribution in [0.4, 0.5) is 26.3 Å². The summed E-state index contributed by atoms with van der Waals surface area (Å²) in [6.07, 6.45) is -10.2. The normalized spacial score (nSPS) is 15.9. The quantitative estimate of drug-likeness (QED) is 0.132. The molecule has 0 unspecified atom stereocenters. The van der Waals surface area contributed by atoms with Gasteiger partial charge in [-0.3, -0.25) is 19.8 Å². The molecule has 1 saturated heterocycles. The predicted octanol–water partition coefficient (Wildman–Crippen LogP) is 3.21. The van der Waals surface area contributed by atoms with Crippen LogP contribution in [-0.2, 0) is 21.0 Å². The van der Waals surface area contributed by atoms with Gasteiger partial charge in [0.05, 0.1) is 17.5 Å². The van der Waals surface area contributed by atoms with Crippen LogP contribution in [0.1, 0.15) is 21.6 Å². The van der Waals surface area contributed by atoms with Crippen molar-refractivity contribution >= 4 is 34.7 Å². The van der Waals surface area contributed by atoms with Crippen molar-refractivity contribution in [1.29, 1.82) is 0 Å². The summed E-state index contributed by atoms with van der Waals surface area (Å²) in [5.74, 6) is -6.19. The lowest BCUT2D eigenvalue weighted by molar-refractivity contribution is -0.193. The van der Waals surface area contributed by atoms with Gasteiger partial charge in [0.25, 0.3) is 5.91 Å². The first-order valence-corrected chi connectivity index (χ1v) is 12.6. The van der Waals surface area contributed by atoms with Crippen molar-refractivity contribution in [3.63, 3.8) is 0 Å². The summed E-state index contributed by atoms with van der Waals surface area (Å²) in [6, 6.07) is 16.4. The summed E-state index contributed by atoms with van der Waals surface area (Å²) in [6.45, 7) is 3.21. The molecule has 1 aliphatic rings. The molecule has 2 atom stereocenters. The molecule has 2 aromatic carbocycles. The summed E-state index contributed by atoms with van der Waals surface area (Å²) < 4.78 is 69.4. The highest BCUT2D eigenvalue weighted by molar-refractivity contribution is 5.95. The van der Waals surface area contributed by atoms with Crippen molar-refractivity contribution in [2.75, 3.05) is 13.1 Å². The summed E-state index contributed by atoms with van der Waals surface area (Å²) in [5, 5.41) is 30.0. The number of hydroxylamine groups is 1. The average Bonchev–Trinajstić information content (AvgIpc) is 3.43. The molecule has 18 heteroatoms. The number of carbonyl (C=O) groups excluding carboxylic acids is 2. The van der Waals surface area contributed by atoms with Gasteiger partial charge in [0, 0.05) is 35.3 Å². The zero-order chi connectivity index (χ0) is 33.9. The van der Waals surface area contributed by atoms with E-state index in [1.165, 1.54) is 0 Å². The fourth-order valence-corrected chi connectivity index (χ4v) is 3.82. The van der Waals surface area contributed by atoms with E-state index in [4.69, 9.17) is 29.7 Å². The smallest absolute Gasteiger partial charge is 0.489 e. The van der Waals surface area contributed by atoms with E-state index in [0.29, 0.717) is 31.0 Å². The van der Waals surface area contributed by atoms with Gasteiger partial charge in [-0.25, -0.2) is 15.1 Å². The Balaban J connectivity index is 0.000000421. The number of alkyl halides is 6. The lowest BCUT2D eigenvalue weighted by atomic mass is 10.0. The largest absolute Gasteiger partial charge is 0.490 e. The molecule has 1 aromatic heterocycles. The van der Waals surface area contributed by atoms with E-state index < -0.39 is 42.2 Å². The number of halogens is 6. The molecule has 2 amide bonds. The molecule has 2 heterocycles. The van der Waals surface area contributed by atoms with Gasteiger partial charge >= 0.3 is 24.3 Å². The monoisotopic (exact) mass is 648 g/mol. The Morgan fingerprint density at radius 2 is 1.49 bits per heavy atom. The number of para-hydroxylation sites is 1. The number of aromatic nitrogens is 1. The molecule has 0 bridgehead atoms. The average molecular weight is 649 g/mol. The second-order valence-electron chi connectivity index (χ2n) is 9.18. The second kappa shape index (κ2) is 15.7. The number of fused-ring (bicyclic) bond motifs is 1. The molecular weight excluding hydrogens is 622 g/mol. The van der Waals surface area contributed by atoms with Crippen molar-refractivity contribution < 1.29 is 65.7 Å². The zero-order valence-electron chi connectivity index (χ0n) is 23.1. The number of hydrogen-bond acceptors (Lipinski definition) is 8. The van der Waals surface area contributed by atoms with Gasteiger partial charge in [0.1, 0.15) is 12.4 Å². The maximum Gasteiger partial charge on any atom is 0.490 e. The third-order valence-electron chi connectivity index (χ3n) is 5.90. The molecule has 1 aliphatic heterocycles. The molecule has 3 aromatic rings. The van der Waals surface area contributed by atoms with Crippen LogP contribution in [0.25, 0.3) is 10.9 Å². The number of aliphatic carboxylic acids is 2. The Morgan fingerprint density at radius 1 is 0.933 bits per heavy atom. The van der Waals surface area contributed by atoms with Gasteiger partial charge in [-0.1, -0.05) is 18.2 Å². The number of carboxylic acids is 2. The number of pyridine rings is 1. The van der Waals surface area contributed by atoms with Gasteiger partial charge < -0.3 is 25.6 Å². The van der Waals surface area contributed by atoms with Crippen molar-refractivity contribution in [3.8, 4) is 5.75 Å². The van der Waals surface area contributed by atoms with Crippen molar-refractivity contribution in [2.24, 2.45) is 5.92 Å². The Labute approximate surface area is 250 Å². The number of amides is 2. The highest BCUT2D eigenvalue weighted by Gasteiger charge is 2.39. The topological polar surface area (TPSA) is 187 Å². The van der Waals surface area contributed by atoms with Gasteiger partial charge in [0.2, 0.25) is 5.91 Å².